The van der Waals surface area contributed by atoms with Crippen LogP contribution in [0.1, 0.15) is 66.8 Å². The second-order valence-corrected chi connectivity index (χ2v) is 32.1. The molecule has 0 spiro atoms. The van der Waals surface area contributed by atoms with Crippen molar-refractivity contribution in [2.75, 3.05) is 0 Å². The summed E-state index contributed by atoms with van der Waals surface area (Å²) in [5.41, 5.74) is 5.57. The molecule has 18 aromatic carbocycles. The van der Waals surface area contributed by atoms with Crippen molar-refractivity contribution < 1.29 is 46.6 Å². The minimum atomic E-state index is -5.92. The summed E-state index contributed by atoms with van der Waals surface area (Å²) in [5.74, 6) is 2.39. The van der Waals surface area contributed by atoms with Crippen molar-refractivity contribution >= 4 is 40.1 Å². The number of nitriles is 12. The van der Waals surface area contributed by atoms with Gasteiger partial charge in [-0.25, -0.2) is 0 Å². The van der Waals surface area contributed by atoms with E-state index in [2.05, 4.69) is 72.8 Å². The van der Waals surface area contributed by atoms with Gasteiger partial charge in [0.05, 0.1) is 66.8 Å². The highest BCUT2D eigenvalue weighted by Gasteiger charge is 2.41. The number of fused-ring (bicyclic) bond motifs is 3. The first-order valence-electron chi connectivity index (χ1n) is 41.8. The quantitative estimate of drug-likeness (QED) is 0.0507. The highest BCUT2D eigenvalue weighted by Crippen LogP contribution is 2.62. The maximum atomic E-state index is 19.4. The minimum absolute atomic E-state index is 0.0501. The first-order chi connectivity index (χ1) is 67.1. The Hall–Kier alpha value is -20.9. The Kier molecular flexibility index (Phi) is 24.2. The number of phosphoric acid groups is 1. The number of hydrogen-bond donors (Lipinski definition) is 0. The van der Waals surface area contributed by atoms with Crippen molar-refractivity contribution in [3.8, 4) is 226 Å². The zero-order valence-corrected chi connectivity index (χ0v) is 72.2. The van der Waals surface area contributed by atoms with Crippen LogP contribution in [0, 0.1) is 136 Å². The Morgan fingerprint density at radius 1 is 0.175 bits per heavy atom. The molecule has 0 radical (unpaired) electrons. The van der Waals surface area contributed by atoms with Gasteiger partial charge in [-0.05, 0) is 266 Å². The molecule has 23 heteroatoms. The molecular formula is C114H57N12O10P. The number of benzene rings is 18. The van der Waals surface area contributed by atoms with Gasteiger partial charge < -0.3 is 42.0 Å². The van der Waals surface area contributed by atoms with Gasteiger partial charge in [0.15, 0.2) is 0 Å². The SMILES string of the molecule is N#Cc1ccc(Oc2cccc(-c3cc4ccccc4c(OP(=O)(Oc4c(-c5cccc(Oc6ccc(C#N)c(C#N)c6)c5)c(-c5cccc(Oc6ccc(C#N)c(C#N)c6)c5)cc5ccccc45)Oc4c(-c5cccc(Oc6ccc(C#N)c(C#N)c6)c5)c(-c5cccc(Oc6ccc(C#N)c(C#N)c6)c5)cc5ccccc45)c3-c3cccc(Oc4ccc(C#N)c(C#N)c4)c3)c2)cc1C#N. The monoisotopic (exact) mass is 1780 g/mol. The van der Waals surface area contributed by atoms with Gasteiger partial charge in [-0.3, -0.25) is 0 Å². The fraction of sp³-hybridized carbons (Fsp3) is 0. The standard InChI is InChI=1S/C114H57N12O10P/c115-58-79-31-37-97(49-85(79)64-121)128-91-22-7-16-70(43-91)106-55-73-13-1-4-28-103(73)112(109(106)76-19-10-25-94(46-76)131-100-40-34-82(61-118)88(52-100)67-124)134-137(127,135-113-104-29-5-2-14-74(104)56-107(71-17-8-23-92(44-71)129-98-38-32-80(59-116)86(50-98)65-122)110(113)77-20-11-26-95(47-77)132-101-41-35-83(62-119)89(53-101)68-125)136-114-105-30-6-3-15-75(105)57-108(72-18-9-24-93(45-72)130-99-39-33-81(60-117)87(51-99)66-123)111(114)78-21-12-27-96(48-78)133-102-42-36-84(63-120)90(54-102)69-126/h1-57H. The summed E-state index contributed by atoms with van der Waals surface area (Å²) in [7, 11) is -5.92. The first-order valence-corrected chi connectivity index (χ1v) is 43.3. The lowest BCUT2D eigenvalue weighted by Crippen LogP contribution is -2.11. The summed E-state index contributed by atoms with van der Waals surface area (Å²) >= 11 is 0. The summed E-state index contributed by atoms with van der Waals surface area (Å²) in [6.07, 6.45) is 0. The van der Waals surface area contributed by atoms with Crippen LogP contribution in [-0.4, -0.2) is 0 Å². The molecule has 0 aliphatic rings. The topological polar surface area (TPSA) is 386 Å². The molecule has 0 unspecified atom stereocenters. The molecule has 137 heavy (non-hydrogen) atoms. The molecule has 22 nitrogen and oxygen atoms in total. The van der Waals surface area contributed by atoms with E-state index < -0.39 is 7.82 Å². The summed E-state index contributed by atoms with van der Waals surface area (Å²) in [6, 6.07) is 121. The van der Waals surface area contributed by atoms with Crippen LogP contribution < -0.4 is 42.0 Å². The third kappa shape index (κ3) is 18.1. The third-order valence-corrected chi connectivity index (χ3v) is 23.4. The van der Waals surface area contributed by atoms with Crippen molar-refractivity contribution in [3.63, 3.8) is 0 Å². The molecule has 638 valence electrons. The van der Waals surface area contributed by atoms with Crippen LogP contribution >= 0.6 is 7.82 Å². The molecule has 0 saturated heterocycles. The highest BCUT2D eigenvalue weighted by molar-refractivity contribution is 7.50. The van der Waals surface area contributed by atoms with E-state index in [0.29, 0.717) is 82.4 Å². The molecule has 0 aromatic heterocycles. The highest BCUT2D eigenvalue weighted by atomic mass is 31.2. The average molecular weight is 1790 g/mol. The van der Waals surface area contributed by atoms with Gasteiger partial charge >= 0.3 is 7.82 Å². The van der Waals surface area contributed by atoms with Crippen molar-refractivity contribution in [3.05, 3.63) is 413 Å². The lowest BCUT2D eigenvalue weighted by atomic mass is 9.90. The number of hydrogen-bond acceptors (Lipinski definition) is 22. The third-order valence-electron chi connectivity index (χ3n) is 22.2. The predicted octanol–water partition coefficient (Wildman–Crippen LogP) is 28.0. The zero-order valence-electron chi connectivity index (χ0n) is 71.3. The van der Waals surface area contributed by atoms with Gasteiger partial charge in [-0.1, -0.05) is 146 Å². The predicted molar refractivity (Wildman–Crippen MR) is 510 cm³/mol. The molecule has 0 fully saturated rings. The Bertz CT molecular complexity index is 7930. The molecule has 0 saturated carbocycles. The van der Waals surface area contributed by atoms with Gasteiger partial charge in [-0.15, -0.1) is 0 Å². The van der Waals surface area contributed by atoms with Crippen molar-refractivity contribution in [1.29, 1.82) is 63.1 Å². The molecule has 18 aromatic rings. The second kappa shape index (κ2) is 38.2. The zero-order chi connectivity index (χ0) is 94.6. The number of phosphoric ester groups is 1. The van der Waals surface area contributed by atoms with E-state index in [1.54, 1.807) is 200 Å². The first kappa shape index (κ1) is 86.8. The lowest BCUT2D eigenvalue weighted by Gasteiger charge is -2.28. The Labute approximate surface area is 783 Å². The van der Waals surface area contributed by atoms with Crippen LogP contribution in [0.4, 0.5) is 0 Å². The fourth-order valence-electron chi connectivity index (χ4n) is 16.0. The average Bonchev–Trinajstić information content (AvgIpc) is 0.739. The van der Waals surface area contributed by atoms with Gasteiger partial charge in [0.25, 0.3) is 0 Å². The van der Waals surface area contributed by atoms with Crippen LogP contribution in [0.15, 0.2) is 346 Å². The Morgan fingerprint density at radius 2 is 0.358 bits per heavy atom. The smallest absolute Gasteiger partial charge is 0.457 e. The van der Waals surface area contributed by atoms with Crippen molar-refractivity contribution in [2.24, 2.45) is 0 Å². The fourth-order valence-corrected chi connectivity index (χ4v) is 17.3. The maximum absolute atomic E-state index is 19.4. The van der Waals surface area contributed by atoms with E-state index in [0.717, 1.165) is 0 Å². The molecule has 0 N–H and O–H groups in total. The van der Waals surface area contributed by atoms with Crippen LogP contribution in [0.5, 0.6) is 86.2 Å². The van der Waals surface area contributed by atoms with Crippen LogP contribution in [0.2, 0.25) is 0 Å². The number of ether oxygens (including phenoxy) is 6. The molecule has 18 rings (SSSR count). The molecular weight excluding hydrogens is 1730 g/mol. The Balaban J connectivity index is 0.936. The van der Waals surface area contributed by atoms with Crippen molar-refractivity contribution in [1.82, 2.24) is 0 Å². The van der Waals surface area contributed by atoms with Gasteiger partial charge in [0.2, 0.25) is 0 Å². The van der Waals surface area contributed by atoms with Crippen LogP contribution in [-0.2, 0) is 4.57 Å². The molecule has 0 aliphatic heterocycles. The second-order valence-electron chi connectivity index (χ2n) is 30.6. The minimum Gasteiger partial charge on any atom is -0.457 e. The molecule has 0 amide bonds. The maximum Gasteiger partial charge on any atom is 0.647 e. The Morgan fingerprint density at radius 3 is 0.562 bits per heavy atom. The summed E-state index contributed by atoms with van der Waals surface area (Å²) < 4.78 is 82.8. The van der Waals surface area contributed by atoms with E-state index in [4.69, 9.17) is 42.0 Å². The molecule has 0 bridgehead atoms. The van der Waals surface area contributed by atoms with Crippen molar-refractivity contribution in [2.45, 2.75) is 0 Å². The summed E-state index contributed by atoms with van der Waals surface area (Å²) in [5, 5.41) is 124. The van der Waals surface area contributed by atoms with Gasteiger partial charge in [-0.2, -0.15) is 67.7 Å². The van der Waals surface area contributed by atoms with Crippen LogP contribution in [0.3, 0.4) is 0 Å². The van der Waals surface area contributed by atoms with Gasteiger partial charge in [0.1, 0.15) is 159 Å². The normalized spacial score (nSPS) is 10.6. The summed E-state index contributed by atoms with van der Waals surface area (Å²) in [4.78, 5) is 0. The number of rotatable bonds is 24. The number of nitrogens with zero attached hydrogens (tertiary/aromatic N) is 12. The lowest BCUT2D eigenvalue weighted by molar-refractivity contribution is 0.303. The van der Waals surface area contributed by atoms with E-state index in [1.807, 2.05) is 72.8 Å². The van der Waals surface area contributed by atoms with E-state index >= 15 is 4.57 Å². The van der Waals surface area contributed by atoms with Crippen LogP contribution in [0.25, 0.3) is 99.1 Å². The molecule has 0 atom stereocenters. The van der Waals surface area contributed by atoms with E-state index in [9.17, 15) is 63.1 Å². The summed E-state index contributed by atoms with van der Waals surface area (Å²) in [6.45, 7) is 0. The molecule has 0 aliphatic carbocycles. The van der Waals surface area contributed by atoms with Gasteiger partial charge in [0, 0.05) is 32.8 Å². The van der Waals surface area contributed by atoms with E-state index in [-0.39, 0.29) is 170 Å². The van der Waals surface area contributed by atoms with E-state index in [1.165, 1.54) is 72.8 Å². The largest absolute Gasteiger partial charge is 0.647 e. The molecule has 0 heterocycles.